The standard InChI is InChI=1S/C25H35IN2O9/c1-34-14-22(31)28(12-17-4-3-7-36-17)19-10-16(25(33)27-5-6-29)11-20(23(19)32)37-24-18(26)8-15(13-30)9-21(24)35-2/h8-9,11,17,19-20,23,29-30,32H,3-7,10,12-14H2,1-2H3,(H,27,33)/t17-,19-,20+,23+/m1/s1. The fraction of sp³-hybridized carbons (Fsp3) is 0.600. The van der Waals surface area contributed by atoms with Crippen molar-refractivity contribution in [1.29, 1.82) is 0 Å². The van der Waals surface area contributed by atoms with Crippen molar-refractivity contribution in [3.63, 3.8) is 0 Å². The van der Waals surface area contributed by atoms with Crippen molar-refractivity contribution in [2.24, 2.45) is 0 Å². The molecule has 0 radical (unpaired) electrons. The van der Waals surface area contributed by atoms with Crippen molar-refractivity contribution in [1.82, 2.24) is 10.2 Å². The highest BCUT2D eigenvalue weighted by atomic mass is 127. The average molecular weight is 634 g/mol. The van der Waals surface area contributed by atoms with E-state index >= 15 is 0 Å². The van der Waals surface area contributed by atoms with Gasteiger partial charge in [0.2, 0.25) is 11.8 Å². The van der Waals surface area contributed by atoms with Gasteiger partial charge in [0.1, 0.15) is 18.8 Å². The fourth-order valence-corrected chi connectivity index (χ4v) is 5.32. The van der Waals surface area contributed by atoms with Gasteiger partial charge in [-0.1, -0.05) is 0 Å². The molecule has 1 aromatic carbocycles. The highest BCUT2D eigenvalue weighted by Crippen LogP contribution is 2.37. The van der Waals surface area contributed by atoms with Gasteiger partial charge in [-0.3, -0.25) is 9.59 Å². The third kappa shape index (κ3) is 7.54. The van der Waals surface area contributed by atoms with E-state index in [0.717, 1.165) is 12.8 Å². The minimum absolute atomic E-state index is 0.0610. The van der Waals surface area contributed by atoms with Crippen LogP contribution >= 0.6 is 22.6 Å². The molecule has 1 aliphatic heterocycles. The zero-order valence-electron chi connectivity index (χ0n) is 21.0. The first-order valence-corrected chi connectivity index (χ1v) is 13.2. The Balaban J connectivity index is 1.98. The molecule has 4 atom stereocenters. The van der Waals surface area contributed by atoms with Crippen LogP contribution in [-0.2, 0) is 25.7 Å². The normalized spacial score (nSPS) is 23.4. The highest BCUT2D eigenvalue weighted by molar-refractivity contribution is 14.1. The Bertz CT molecular complexity index is 968. The molecule has 11 nitrogen and oxygen atoms in total. The van der Waals surface area contributed by atoms with E-state index < -0.39 is 24.2 Å². The van der Waals surface area contributed by atoms with Crippen LogP contribution in [0, 0.1) is 3.57 Å². The minimum Gasteiger partial charge on any atom is -0.493 e. The van der Waals surface area contributed by atoms with Crippen LogP contribution < -0.4 is 14.8 Å². The van der Waals surface area contributed by atoms with E-state index in [9.17, 15) is 19.8 Å². The zero-order valence-corrected chi connectivity index (χ0v) is 23.2. The first kappa shape index (κ1) is 29.6. The lowest BCUT2D eigenvalue weighted by molar-refractivity contribution is -0.144. The number of aliphatic hydroxyl groups excluding tert-OH is 3. The van der Waals surface area contributed by atoms with E-state index in [1.54, 1.807) is 12.1 Å². The molecule has 0 bridgehead atoms. The second-order valence-corrected chi connectivity index (χ2v) is 10.1. The van der Waals surface area contributed by atoms with Gasteiger partial charge >= 0.3 is 0 Å². The van der Waals surface area contributed by atoms with Crippen molar-refractivity contribution >= 4 is 34.4 Å². The predicted octanol–water partition coefficient (Wildman–Crippen LogP) is 0.362. The number of aliphatic hydroxyl groups is 3. The molecular weight excluding hydrogens is 599 g/mol. The Labute approximate surface area is 229 Å². The fourth-order valence-electron chi connectivity index (χ4n) is 4.53. The molecule has 4 N–H and O–H groups in total. The van der Waals surface area contributed by atoms with Gasteiger partial charge in [-0.2, -0.15) is 0 Å². The Morgan fingerprint density at radius 1 is 1.27 bits per heavy atom. The summed E-state index contributed by atoms with van der Waals surface area (Å²) in [5.41, 5.74) is 0.945. The molecule has 1 heterocycles. The summed E-state index contributed by atoms with van der Waals surface area (Å²) in [7, 11) is 2.89. The zero-order chi connectivity index (χ0) is 26.9. The highest BCUT2D eigenvalue weighted by Gasteiger charge is 2.42. The average Bonchev–Trinajstić information content (AvgIpc) is 3.41. The van der Waals surface area contributed by atoms with E-state index in [-0.39, 0.29) is 51.3 Å². The van der Waals surface area contributed by atoms with E-state index in [1.807, 2.05) is 22.6 Å². The van der Waals surface area contributed by atoms with Crippen molar-refractivity contribution in [2.75, 3.05) is 47.1 Å². The number of halogens is 1. The third-order valence-electron chi connectivity index (χ3n) is 6.35. The molecule has 1 aromatic rings. The summed E-state index contributed by atoms with van der Waals surface area (Å²) >= 11 is 2.05. The van der Waals surface area contributed by atoms with E-state index in [1.165, 1.54) is 25.2 Å². The first-order valence-electron chi connectivity index (χ1n) is 12.1. The van der Waals surface area contributed by atoms with Gasteiger partial charge < -0.3 is 44.5 Å². The van der Waals surface area contributed by atoms with Crippen LogP contribution in [0.1, 0.15) is 24.8 Å². The molecule has 2 aliphatic rings. The molecule has 1 aliphatic carbocycles. The van der Waals surface area contributed by atoms with Gasteiger partial charge in [-0.25, -0.2) is 0 Å². The Morgan fingerprint density at radius 3 is 2.68 bits per heavy atom. The molecule has 0 spiro atoms. The number of carbonyl (C=O) groups is 2. The van der Waals surface area contributed by atoms with Crippen LogP contribution in [0.4, 0.5) is 0 Å². The maximum absolute atomic E-state index is 13.1. The topological polar surface area (TPSA) is 147 Å². The Kier molecular flexibility index (Phi) is 11.4. The lowest BCUT2D eigenvalue weighted by Gasteiger charge is -2.41. The van der Waals surface area contributed by atoms with Crippen LogP contribution in [0.2, 0.25) is 0 Å². The number of hydrogen-bond acceptors (Lipinski definition) is 9. The molecule has 3 rings (SSSR count). The summed E-state index contributed by atoms with van der Waals surface area (Å²) < 4.78 is 23.2. The largest absolute Gasteiger partial charge is 0.493 e. The molecule has 0 aromatic heterocycles. The van der Waals surface area contributed by atoms with E-state index in [0.29, 0.717) is 32.8 Å². The lowest BCUT2D eigenvalue weighted by Crippen LogP contribution is -2.57. The molecule has 1 saturated heterocycles. The van der Waals surface area contributed by atoms with Crippen LogP contribution in [0.15, 0.2) is 23.8 Å². The van der Waals surface area contributed by atoms with Gasteiger partial charge in [0.05, 0.1) is 36.0 Å². The van der Waals surface area contributed by atoms with E-state index in [2.05, 4.69) is 5.32 Å². The molecule has 0 saturated carbocycles. The van der Waals surface area contributed by atoms with Crippen molar-refractivity contribution < 1.29 is 43.9 Å². The second kappa shape index (κ2) is 14.3. The smallest absolute Gasteiger partial charge is 0.248 e. The number of amides is 2. The maximum Gasteiger partial charge on any atom is 0.248 e. The number of nitrogens with one attached hydrogen (secondary N) is 1. The third-order valence-corrected chi connectivity index (χ3v) is 7.15. The Hall–Kier alpha value is -1.97. The monoisotopic (exact) mass is 634 g/mol. The van der Waals surface area contributed by atoms with Crippen molar-refractivity contribution in [3.8, 4) is 11.5 Å². The predicted molar refractivity (Wildman–Crippen MR) is 141 cm³/mol. The lowest BCUT2D eigenvalue weighted by atomic mass is 9.88. The second-order valence-electron chi connectivity index (χ2n) is 8.90. The summed E-state index contributed by atoms with van der Waals surface area (Å²) in [5.74, 6) is -0.0627. The molecule has 37 heavy (non-hydrogen) atoms. The maximum atomic E-state index is 13.1. The number of benzene rings is 1. The quantitative estimate of drug-likeness (QED) is 0.240. The van der Waals surface area contributed by atoms with E-state index in [4.69, 9.17) is 24.1 Å². The van der Waals surface area contributed by atoms with Gasteiger partial charge in [-0.05, 0) is 59.2 Å². The van der Waals surface area contributed by atoms with Crippen LogP contribution in [0.25, 0.3) is 0 Å². The summed E-state index contributed by atoms with van der Waals surface area (Å²) in [4.78, 5) is 27.5. The van der Waals surface area contributed by atoms with Crippen LogP contribution in [-0.4, -0.2) is 104 Å². The molecule has 0 unspecified atom stereocenters. The number of ether oxygens (including phenoxy) is 4. The summed E-state index contributed by atoms with van der Waals surface area (Å²) in [5, 5.41) is 32.8. The molecule has 1 fully saturated rings. The number of carbonyl (C=O) groups excluding carboxylic acids is 2. The van der Waals surface area contributed by atoms with Crippen molar-refractivity contribution in [2.45, 2.75) is 50.2 Å². The molecular formula is C25H35IN2O9. The summed E-state index contributed by atoms with van der Waals surface area (Å²) in [6.45, 7) is 0.308. The van der Waals surface area contributed by atoms with Crippen molar-refractivity contribution in [3.05, 3.63) is 32.9 Å². The van der Waals surface area contributed by atoms with Gasteiger partial charge in [-0.15, -0.1) is 0 Å². The van der Waals surface area contributed by atoms with Gasteiger partial charge in [0, 0.05) is 38.8 Å². The molecule has 206 valence electrons. The molecule has 12 heteroatoms. The number of nitrogens with zero attached hydrogens (tertiary/aromatic N) is 1. The first-order chi connectivity index (χ1) is 17.8. The Morgan fingerprint density at radius 2 is 2.05 bits per heavy atom. The SMILES string of the molecule is COCC(=O)N(C[C@H]1CCCO1)[C@@H]1CC(C(=O)NCCO)=C[C@H](Oc2c(I)cc(CO)cc2OC)[C@H]1O. The molecule has 2 amide bonds. The number of methoxy groups -OCH3 is 2. The minimum atomic E-state index is -1.19. The summed E-state index contributed by atoms with van der Waals surface area (Å²) in [6, 6.07) is 2.57. The number of rotatable bonds is 12. The van der Waals surface area contributed by atoms with Crippen LogP contribution in [0.3, 0.4) is 0 Å². The number of hydrogen-bond donors (Lipinski definition) is 4. The van der Waals surface area contributed by atoms with Crippen LogP contribution in [0.5, 0.6) is 11.5 Å². The summed E-state index contributed by atoms with van der Waals surface area (Å²) in [6.07, 6.45) is 0.912. The van der Waals surface area contributed by atoms with Gasteiger partial charge in [0.25, 0.3) is 0 Å². The van der Waals surface area contributed by atoms with Gasteiger partial charge in [0.15, 0.2) is 11.5 Å².